The van der Waals surface area contributed by atoms with Crippen LogP contribution in [-0.4, -0.2) is 35.2 Å². The van der Waals surface area contributed by atoms with Gasteiger partial charge in [-0.1, -0.05) is 35.3 Å². The zero-order valence-electron chi connectivity index (χ0n) is 17.0. The van der Waals surface area contributed by atoms with Gasteiger partial charge in [-0.05, 0) is 49.4 Å². The van der Waals surface area contributed by atoms with E-state index in [1.165, 1.54) is 12.3 Å². The first-order valence-corrected chi connectivity index (χ1v) is 10.6. The van der Waals surface area contributed by atoms with Crippen LogP contribution >= 0.6 is 23.2 Å². The van der Waals surface area contributed by atoms with Gasteiger partial charge in [0.05, 0.1) is 22.8 Å². The lowest BCUT2D eigenvalue weighted by atomic mass is 10.1. The van der Waals surface area contributed by atoms with E-state index < -0.39 is 5.91 Å². The molecule has 1 unspecified atom stereocenters. The van der Waals surface area contributed by atoms with Crippen LogP contribution in [-0.2, 0) is 0 Å². The standard InChI is InChI=1S/C23H19Cl2N5O2/c1-13-11-27-21(28-13)14-2-4-15(5-3-14)22(31)29-19-8-6-16(24)10-18(19)23(32)30-20-9-7-17(25)12-26-20/h2-10,12-13H,11H2,1H3,(H,27,28)(H,29,31)(H,26,30,32). The third-order valence-corrected chi connectivity index (χ3v) is 5.23. The smallest absolute Gasteiger partial charge is 0.258 e. The fraction of sp³-hybridized carbons (Fsp3) is 0.130. The summed E-state index contributed by atoms with van der Waals surface area (Å²) in [6, 6.07) is 15.2. The van der Waals surface area contributed by atoms with Crippen LogP contribution in [0.25, 0.3) is 0 Å². The Morgan fingerprint density at radius 2 is 1.72 bits per heavy atom. The Bertz CT molecular complexity index is 1190. The Morgan fingerprint density at radius 1 is 0.969 bits per heavy atom. The lowest BCUT2D eigenvalue weighted by Gasteiger charge is -2.12. The first-order chi connectivity index (χ1) is 15.4. The van der Waals surface area contributed by atoms with E-state index in [1.54, 1.807) is 36.4 Å². The van der Waals surface area contributed by atoms with Gasteiger partial charge in [-0.25, -0.2) is 4.98 Å². The zero-order chi connectivity index (χ0) is 22.7. The molecule has 0 bridgehead atoms. The molecule has 0 saturated carbocycles. The average molecular weight is 468 g/mol. The normalized spacial score (nSPS) is 15.0. The van der Waals surface area contributed by atoms with E-state index in [0.29, 0.717) is 33.2 Å². The number of hydrogen-bond donors (Lipinski definition) is 3. The maximum atomic E-state index is 12.8. The number of aliphatic imine (C=N–C) groups is 1. The van der Waals surface area contributed by atoms with Crippen molar-refractivity contribution in [1.82, 2.24) is 10.3 Å². The fourth-order valence-electron chi connectivity index (χ4n) is 3.15. The van der Waals surface area contributed by atoms with Crippen molar-refractivity contribution in [1.29, 1.82) is 0 Å². The van der Waals surface area contributed by atoms with Gasteiger partial charge in [-0.2, -0.15) is 0 Å². The highest BCUT2D eigenvalue weighted by molar-refractivity contribution is 6.31. The van der Waals surface area contributed by atoms with E-state index in [0.717, 1.165) is 17.9 Å². The molecule has 1 atom stereocenters. The van der Waals surface area contributed by atoms with Crippen LogP contribution in [0.3, 0.4) is 0 Å². The number of carbonyl (C=O) groups excluding carboxylic acids is 2. The molecule has 1 aliphatic heterocycles. The molecule has 0 saturated heterocycles. The number of anilines is 2. The van der Waals surface area contributed by atoms with Crippen molar-refractivity contribution in [2.24, 2.45) is 4.99 Å². The number of aromatic nitrogens is 1. The van der Waals surface area contributed by atoms with Gasteiger partial charge < -0.3 is 16.0 Å². The summed E-state index contributed by atoms with van der Waals surface area (Å²) in [5, 5.41) is 9.55. The van der Waals surface area contributed by atoms with Crippen LogP contribution in [0.4, 0.5) is 11.5 Å². The van der Waals surface area contributed by atoms with Gasteiger partial charge in [0, 0.05) is 28.4 Å². The molecule has 7 nitrogen and oxygen atoms in total. The second-order valence-corrected chi connectivity index (χ2v) is 8.14. The Morgan fingerprint density at radius 3 is 2.38 bits per heavy atom. The van der Waals surface area contributed by atoms with E-state index in [1.807, 2.05) is 12.1 Å². The van der Waals surface area contributed by atoms with Crippen molar-refractivity contribution in [2.75, 3.05) is 17.2 Å². The summed E-state index contributed by atoms with van der Waals surface area (Å²) < 4.78 is 0. The second kappa shape index (κ2) is 9.38. The molecule has 32 heavy (non-hydrogen) atoms. The van der Waals surface area contributed by atoms with Crippen molar-refractivity contribution in [3.8, 4) is 0 Å². The van der Waals surface area contributed by atoms with Gasteiger partial charge in [-0.15, -0.1) is 0 Å². The lowest BCUT2D eigenvalue weighted by Crippen LogP contribution is -2.27. The van der Waals surface area contributed by atoms with Crippen LogP contribution in [0, 0.1) is 0 Å². The first kappa shape index (κ1) is 21.8. The lowest BCUT2D eigenvalue weighted by molar-refractivity contribution is 0.102. The van der Waals surface area contributed by atoms with E-state index in [9.17, 15) is 9.59 Å². The van der Waals surface area contributed by atoms with Gasteiger partial charge in [0.2, 0.25) is 0 Å². The number of nitrogens with one attached hydrogen (secondary N) is 3. The maximum Gasteiger partial charge on any atom is 0.258 e. The minimum Gasteiger partial charge on any atom is -0.366 e. The van der Waals surface area contributed by atoms with E-state index >= 15 is 0 Å². The molecule has 4 rings (SSSR count). The van der Waals surface area contributed by atoms with Crippen molar-refractivity contribution < 1.29 is 9.59 Å². The molecule has 3 N–H and O–H groups in total. The second-order valence-electron chi connectivity index (χ2n) is 7.27. The number of amidine groups is 1. The van der Waals surface area contributed by atoms with E-state index in [2.05, 4.69) is 32.9 Å². The number of carbonyl (C=O) groups is 2. The Kier molecular flexibility index (Phi) is 6.39. The number of pyridine rings is 1. The zero-order valence-corrected chi connectivity index (χ0v) is 18.5. The number of amides is 2. The molecule has 2 heterocycles. The number of rotatable bonds is 5. The van der Waals surface area contributed by atoms with Crippen LogP contribution < -0.4 is 16.0 Å². The Hall–Kier alpha value is -3.42. The predicted molar refractivity (Wildman–Crippen MR) is 127 cm³/mol. The summed E-state index contributed by atoms with van der Waals surface area (Å²) in [5.41, 5.74) is 1.89. The van der Waals surface area contributed by atoms with E-state index in [4.69, 9.17) is 23.2 Å². The van der Waals surface area contributed by atoms with Gasteiger partial charge >= 0.3 is 0 Å². The summed E-state index contributed by atoms with van der Waals surface area (Å²) >= 11 is 11.9. The average Bonchev–Trinajstić information content (AvgIpc) is 3.23. The van der Waals surface area contributed by atoms with Crippen molar-refractivity contribution >= 4 is 52.4 Å². The van der Waals surface area contributed by atoms with Gasteiger partial charge in [-0.3, -0.25) is 14.6 Å². The monoisotopic (exact) mass is 467 g/mol. The summed E-state index contributed by atoms with van der Waals surface area (Å²) in [4.78, 5) is 34.1. The fourth-order valence-corrected chi connectivity index (χ4v) is 3.43. The summed E-state index contributed by atoms with van der Waals surface area (Å²) in [5.74, 6) is 0.321. The SMILES string of the molecule is CC1CN=C(c2ccc(C(=O)Nc3ccc(Cl)cc3C(=O)Nc3ccc(Cl)cn3)cc2)N1. The van der Waals surface area contributed by atoms with Crippen molar-refractivity contribution in [3.05, 3.63) is 87.5 Å². The van der Waals surface area contributed by atoms with Crippen LogP contribution in [0.5, 0.6) is 0 Å². The molecule has 162 valence electrons. The first-order valence-electron chi connectivity index (χ1n) is 9.84. The third-order valence-electron chi connectivity index (χ3n) is 4.77. The highest BCUT2D eigenvalue weighted by Crippen LogP contribution is 2.23. The molecule has 9 heteroatoms. The number of halogens is 2. The minimum absolute atomic E-state index is 0.206. The van der Waals surface area contributed by atoms with E-state index in [-0.39, 0.29) is 11.5 Å². The Labute approximate surface area is 194 Å². The predicted octanol–water partition coefficient (Wildman–Crippen LogP) is 4.63. The van der Waals surface area contributed by atoms with Gasteiger partial charge in [0.15, 0.2) is 0 Å². The Balaban J connectivity index is 1.50. The molecular formula is C23H19Cl2N5O2. The van der Waals surface area contributed by atoms with Crippen LogP contribution in [0.1, 0.15) is 33.2 Å². The van der Waals surface area contributed by atoms with Crippen LogP contribution in [0.2, 0.25) is 10.0 Å². The summed E-state index contributed by atoms with van der Waals surface area (Å²) in [6.45, 7) is 2.78. The number of benzene rings is 2. The molecule has 2 amide bonds. The molecular weight excluding hydrogens is 449 g/mol. The van der Waals surface area contributed by atoms with Gasteiger partial charge in [0.25, 0.3) is 11.8 Å². The maximum absolute atomic E-state index is 12.8. The molecule has 0 radical (unpaired) electrons. The topological polar surface area (TPSA) is 95.5 Å². The van der Waals surface area contributed by atoms with Crippen LogP contribution in [0.15, 0.2) is 65.8 Å². The number of nitrogens with zero attached hydrogens (tertiary/aromatic N) is 2. The third kappa shape index (κ3) is 5.07. The summed E-state index contributed by atoms with van der Waals surface area (Å²) in [6.07, 6.45) is 1.43. The molecule has 3 aromatic rings. The molecule has 0 spiro atoms. The molecule has 0 aliphatic carbocycles. The molecule has 1 aliphatic rings. The summed E-state index contributed by atoms with van der Waals surface area (Å²) in [7, 11) is 0. The van der Waals surface area contributed by atoms with Crippen molar-refractivity contribution in [3.63, 3.8) is 0 Å². The molecule has 2 aromatic carbocycles. The largest absolute Gasteiger partial charge is 0.366 e. The highest BCUT2D eigenvalue weighted by atomic mass is 35.5. The van der Waals surface area contributed by atoms with Gasteiger partial charge in [0.1, 0.15) is 11.7 Å². The molecule has 1 aromatic heterocycles. The quantitative estimate of drug-likeness (QED) is 0.509. The van der Waals surface area contributed by atoms with Crippen molar-refractivity contribution in [2.45, 2.75) is 13.0 Å². The molecule has 0 fully saturated rings. The number of hydrogen-bond acceptors (Lipinski definition) is 5. The highest BCUT2D eigenvalue weighted by Gasteiger charge is 2.17. The minimum atomic E-state index is -0.465.